The van der Waals surface area contributed by atoms with Crippen molar-refractivity contribution in [2.45, 2.75) is 25.8 Å². The smallest absolute Gasteiger partial charge is 0.268 e. The van der Waals surface area contributed by atoms with E-state index in [9.17, 15) is 9.59 Å². The van der Waals surface area contributed by atoms with Crippen molar-refractivity contribution >= 4 is 17.9 Å². The van der Waals surface area contributed by atoms with Gasteiger partial charge in [0.2, 0.25) is 0 Å². The van der Waals surface area contributed by atoms with E-state index in [2.05, 4.69) is 22.8 Å². The summed E-state index contributed by atoms with van der Waals surface area (Å²) in [4.78, 5) is 25.3. The summed E-state index contributed by atoms with van der Waals surface area (Å²) in [6, 6.07) is 22.3. The van der Waals surface area contributed by atoms with Gasteiger partial charge in [0.15, 0.2) is 0 Å². The molecule has 1 atom stereocenters. The second-order valence-electron chi connectivity index (χ2n) is 6.79. The highest BCUT2D eigenvalue weighted by atomic mass is 16.3. The maximum Gasteiger partial charge on any atom is 0.268 e. The molecule has 5 heteroatoms. The van der Waals surface area contributed by atoms with Crippen LogP contribution in [0.15, 0.2) is 89.2 Å². The van der Waals surface area contributed by atoms with Gasteiger partial charge in [-0.15, -0.1) is 0 Å². The van der Waals surface area contributed by atoms with Crippen LogP contribution in [0.5, 0.6) is 0 Å². The van der Waals surface area contributed by atoms with Crippen molar-refractivity contribution in [3.8, 4) is 0 Å². The van der Waals surface area contributed by atoms with Gasteiger partial charge in [-0.05, 0) is 49.6 Å². The van der Waals surface area contributed by atoms with Crippen molar-refractivity contribution in [3.63, 3.8) is 0 Å². The first-order valence-corrected chi connectivity index (χ1v) is 9.58. The molecule has 0 fully saturated rings. The molecular weight excluding hydrogens is 364 g/mol. The summed E-state index contributed by atoms with van der Waals surface area (Å²) in [7, 11) is 0. The van der Waals surface area contributed by atoms with Crippen molar-refractivity contribution in [2.24, 2.45) is 0 Å². The summed E-state index contributed by atoms with van der Waals surface area (Å²) in [6.07, 6.45) is 4.69. The molecule has 2 amide bonds. The van der Waals surface area contributed by atoms with Gasteiger partial charge in [-0.2, -0.15) is 0 Å². The summed E-state index contributed by atoms with van der Waals surface area (Å²) in [5.41, 5.74) is 1.83. The SMILES string of the molecule is C[C@H](CCc1ccccc1)NC(=O)/C(=C/c1ccco1)NC(=O)c1ccccc1. The number of carbonyl (C=O) groups is 2. The number of carbonyl (C=O) groups excluding carboxylic acids is 2. The van der Waals surface area contributed by atoms with Crippen LogP contribution in [0.1, 0.15) is 35.0 Å². The Bertz CT molecular complexity index is 948. The maximum atomic E-state index is 12.8. The molecule has 0 aliphatic carbocycles. The molecule has 0 spiro atoms. The highest BCUT2D eigenvalue weighted by Crippen LogP contribution is 2.09. The molecular formula is C24H24N2O3. The minimum atomic E-state index is -0.355. The second-order valence-corrected chi connectivity index (χ2v) is 6.79. The number of amides is 2. The Morgan fingerprint density at radius 2 is 1.66 bits per heavy atom. The van der Waals surface area contributed by atoms with E-state index in [1.165, 1.54) is 17.9 Å². The van der Waals surface area contributed by atoms with Crippen LogP contribution in [0.25, 0.3) is 6.08 Å². The first-order valence-electron chi connectivity index (χ1n) is 9.58. The number of hydrogen-bond acceptors (Lipinski definition) is 3. The predicted molar refractivity (Wildman–Crippen MR) is 113 cm³/mol. The molecule has 0 aliphatic heterocycles. The molecule has 29 heavy (non-hydrogen) atoms. The van der Waals surface area contributed by atoms with E-state index in [0.717, 1.165) is 12.8 Å². The van der Waals surface area contributed by atoms with Gasteiger partial charge in [0, 0.05) is 17.7 Å². The van der Waals surface area contributed by atoms with Crippen LogP contribution >= 0.6 is 0 Å². The molecule has 0 bridgehead atoms. The summed E-state index contributed by atoms with van der Waals surface area (Å²) in [5.74, 6) is -0.220. The molecule has 0 radical (unpaired) electrons. The highest BCUT2D eigenvalue weighted by Gasteiger charge is 2.17. The van der Waals surface area contributed by atoms with Crippen LogP contribution in [-0.4, -0.2) is 17.9 Å². The van der Waals surface area contributed by atoms with E-state index in [-0.39, 0.29) is 23.6 Å². The van der Waals surface area contributed by atoms with E-state index >= 15 is 0 Å². The fourth-order valence-electron chi connectivity index (χ4n) is 2.86. The van der Waals surface area contributed by atoms with Gasteiger partial charge >= 0.3 is 0 Å². The van der Waals surface area contributed by atoms with Crippen molar-refractivity contribution < 1.29 is 14.0 Å². The normalized spacial score (nSPS) is 12.2. The van der Waals surface area contributed by atoms with Gasteiger partial charge in [-0.25, -0.2) is 0 Å². The summed E-state index contributed by atoms with van der Waals surface area (Å²) >= 11 is 0. The zero-order chi connectivity index (χ0) is 20.5. The second kappa shape index (κ2) is 10.1. The molecule has 3 aromatic rings. The molecule has 2 aromatic carbocycles. The van der Waals surface area contributed by atoms with Gasteiger partial charge < -0.3 is 15.1 Å². The van der Waals surface area contributed by atoms with Crippen LogP contribution in [-0.2, 0) is 11.2 Å². The molecule has 0 aliphatic rings. The quantitative estimate of drug-likeness (QED) is 0.569. The average Bonchev–Trinajstić information content (AvgIpc) is 3.26. The molecule has 1 aromatic heterocycles. The predicted octanol–water partition coefficient (Wildman–Crippen LogP) is 4.19. The number of rotatable bonds is 8. The number of nitrogens with one attached hydrogen (secondary N) is 2. The Morgan fingerprint density at radius 1 is 0.966 bits per heavy atom. The third-order valence-corrected chi connectivity index (χ3v) is 4.44. The Hall–Kier alpha value is -3.60. The maximum absolute atomic E-state index is 12.8. The average molecular weight is 388 g/mol. The van der Waals surface area contributed by atoms with E-state index in [4.69, 9.17) is 4.42 Å². The molecule has 0 saturated heterocycles. The Kier molecular flexibility index (Phi) is 7.00. The van der Waals surface area contributed by atoms with Crippen LogP contribution in [0, 0.1) is 0 Å². The zero-order valence-electron chi connectivity index (χ0n) is 16.3. The van der Waals surface area contributed by atoms with Crippen LogP contribution < -0.4 is 10.6 Å². The highest BCUT2D eigenvalue weighted by molar-refractivity contribution is 6.05. The lowest BCUT2D eigenvalue weighted by Gasteiger charge is -2.16. The van der Waals surface area contributed by atoms with Crippen molar-refractivity contribution in [1.29, 1.82) is 0 Å². The van der Waals surface area contributed by atoms with Crippen LogP contribution in [0.4, 0.5) is 0 Å². The number of furan rings is 1. The molecule has 1 heterocycles. The number of aryl methyl sites for hydroxylation is 1. The van der Waals surface area contributed by atoms with Crippen LogP contribution in [0.2, 0.25) is 0 Å². The molecule has 5 nitrogen and oxygen atoms in total. The molecule has 148 valence electrons. The zero-order valence-corrected chi connectivity index (χ0v) is 16.3. The first kappa shape index (κ1) is 20.1. The van der Waals surface area contributed by atoms with Gasteiger partial charge in [-0.3, -0.25) is 9.59 Å². The summed E-state index contributed by atoms with van der Waals surface area (Å²) < 4.78 is 5.30. The van der Waals surface area contributed by atoms with Gasteiger partial charge in [0.1, 0.15) is 11.5 Å². The van der Waals surface area contributed by atoms with E-state index in [1.54, 1.807) is 36.4 Å². The van der Waals surface area contributed by atoms with Crippen molar-refractivity contribution in [1.82, 2.24) is 10.6 Å². The fraction of sp³-hybridized carbons (Fsp3) is 0.167. The van der Waals surface area contributed by atoms with Crippen molar-refractivity contribution in [3.05, 3.63) is 102 Å². The topological polar surface area (TPSA) is 71.3 Å². The van der Waals surface area contributed by atoms with E-state index < -0.39 is 0 Å². The third-order valence-electron chi connectivity index (χ3n) is 4.44. The van der Waals surface area contributed by atoms with Crippen LogP contribution in [0.3, 0.4) is 0 Å². The summed E-state index contributed by atoms with van der Waals surface area (Å²) in [5, 5.41) is 5.66. The van der Waals surface area contributed by atoms with Gasteiger partial charge in [0.05, 0.1) is 6.26 Å². The number of benzene rings is 2. The Labute approximate surface area is 170 Å². The van der Waals surface area contributed by atoms with E-state index in [0.29, 0.717) is 11.3 Å². The standard InChI is InChI=1S/C24H24N2O3/c1-18(14-15-19-9-4-2-5-10-19)25-24(28)22(17-21-13-8-16-29-21)26-23(27)20-11-6-3-7-12-20/h2-13,16-18H,14-15H2,1H3,(H,25,28)(H,26,27)/b22-17-/t18-/m1/s1. The Balaban J connectivity index is 1.66. The molecule has 0 unspecified atom stereocenters. The van der Waals surface area contributed by atoms with Gasteiger partial charge in [-0.1, -0.05) is 48.5 Å². The lowest BCUT2D eigenvalue weighted by molar-refractivity contribution is -0.118. The lowest BCUT2D eigenvalue weighted by Crippen LogP contribution is -2.39. The third kappa shape index (κ3) is 6.21. The van der Waals surface area contributed by atoms with E-state index in [1.807, 2.05) is 31.2 Å². The monoisotopic (exact) mass is 388 g/mol. The Morgan fingerprint density at radius 3 is 2.31 bits per heavy atom. The largest absolute Gasteiger partial charge is 0.465 e. The molecule has 0 saturated carbocycles. The minimum Gasteiger partial charge on any atom is -0.465 e. The minimum absolute atomic E-state index is 0.0589. The lowest BCUT2D eigenvalue weighted by atomic mass is 10.1. The molecule has 2 N–H and O–H groups in total. The van der Waals surface area contributed by atoms with Gasteiger partial charge in [0.25, 0.3) is 11.8 Å². The number of hydrogen-bond donors (Lipinski definition) is 2. The van der Waals surface area contributed by atoms with Crippen molar-refractivity contribution in [2.75, 3.05) is 0 Å². The first-order chi connectivity index (χ1) is 14.1. The summed E-state index contributed by atoms with van der Waals surface area (Å²) in [6.45, 7) is 1.95. The molecule has 3 rings (SSSR count). The fourth-order valence-corrected chi connectivity index (χ4v) is 2.86.